The van der Waals surface area contributed by atoms with E-state index in [0.717, 1.165) is 52.8 Å². The molecule has 42 heavy (non-hydrogen) atoms. The second kappa shape index (κ2) is 10.9. The molecule has 2 amide bonds. The summed E-state index contributed by atoms with van der Waals surface area (Å²) in [7, 11) is 0. The molecule has 1 aliphatic heterocycles. The third kappa shape index (κ3) is 5.57. The lowest BCUT2D eigenvalue weighted by molar-refractivity contribution is -0.121. The van der Waals surface area contributed by atoms with E-state index in [2.05, 4.69) is 10.3 Å². The molecule has 0 spiro atoms. The van der Waals surface area contributed by atoms with Crippen molar-refractivity contribution in [2.45, 2.75) is 57.7 Å². The number of hydrogen-bond donors (Lipinski definition) is 1. The fourth-order valence-electron chi connectivity index (χ4n) is 5.42. The molecule has 0 atom stereocenters. The van der Waals surface area contributed by atoms with Crippen LogP contribution in [0.15, 0.2) is 85.2 Å². The van der Waals surface area contributed by atoms with Crippen molar-refractivity contribution in [3.63, 3.8) is 0 Å². The summed E-state index contributed by atoms with van der Waals surface area (Å²) < 4.78 is 11.9. The Balaban J connectivity index is 1.37. The first-order valence-corrected chi connectivity index (χ1v) is 14.3. The highest BCUT2D eigenvalue weighted by Crippen LogP contribution is 2.46. The first-order valence-electron chi connectivity index (χ1n) is 14.3. The van der Waals surface area contributed by atoms with Gasteiger partial charge in [0.2, 0.25) is 5.88 Å². The summed E-state index contributed by atoms with van der Waals surface area (Å²) >= 11 is 0. The van der Waals surface area contributed by atoms with Crippen LogP contribution < -0.4 is 15.0 Å². The number of benzene rings is 2. The number of fused-ring (bicyclic) bond motifs is 1. The number of rotatable bonds is 6. The molecule has 1 N–H and O–H groups in total. The Kier molecular flexibility index (Phi) is 7.14. The Morgan fingerprint density at radius 3 is 2.43 bits per heavy atom. The van der Waals surface area contributed by atoms with Crippen LogP contribution in [0.25, 0.3) is 22.4 Å². The minimum atomic E-state index is -0.629. The number of nitrogens with one attached hydrogen (secondary N) is 1. The largest absolute Gasteiger partial charge is 0.466 e. The van der Waals surface area contributed by atoms with Gasteiger partial charge in [0.15, 0.2) is 6.61 Å². The Labute approximate surface area is 245 Å². The number of alkyl carbamates (subject to hydrolysis) is 1. The van der Waals surface area contributed by atoms with E-state index >= 15 is 0 Å². The monoisotopic (exact) mass is 562 g/mol. The van der Waals surface area contributed by atoms with Crippen LogP contribution in [0.5, 0.6) is 5.88 Å². The van der Waals surface area contributed by atoms with Crippen LogP contribution in [0.1, 0.15) is 51.2 Å². The quantitative estimate of drug-likeness (QED) is 0.283. The van der Waals surface area contributed by atoms with Crippen LogP contribution in [0.3, 0.4) is 0 Å². The second-order valence-corrected chi connectivity index (χ2v) is 11.9. The Hall–Kier alpha value is -4.72. The maximum Gasteiger partial charge on any atom is 0.408 e. The summed E-state index contributed by atoms with van der Waals surface area (Å²) in [5.41, 5.74) is 5.01. The zero-order valence-electron chi connectivity index (χ0n) is 24.1. The first kappa shape index (κ1) is 27.4. The van der Waals surface area contributed by atoms with Crippen LogP contribution in [0.2, 0.25) is 0 Å². The van der Waals surface area contributed by atoms with Gasteiger partial charge in [-0.2, -0.15) is 0 Å². The average molecular weight is 563 g/mol. The molecule has 2 aliphatic rings. The minimum Gasteiger partial charge on any atom is -0.466 e. The number of nitrogens with zero attached hydrogens (tertiary/aromatic N) is 3. The van der Waals surface area contributed by atoms with E-state index in [9.17, 15) is 9.59 Å². The Bertz CT molecular complexity index is 1590. The lowest BCUT2D eigenvalue weighted by Crippen LogP contribution is -2.47. The third-order valence-corrected chi connectivity index (χ3v) is 7.65. The number of amides is 2. The highest BCUT2D eigenvalue weighted by molar-refractivity contribution is 5.99. The average Bonchev–Trinajstić information content (AvgIpc) is 2.96. The van der Waals surface area contributed by atoms with E-state index in [0.29, 0.717) is 18.1 Å². The van der Waals surface area contributed by atoms with Gasteiger partial charge in [0.25, 0.3) is 5.91 Å². The van der Waals surface area contributed by atoms with E-state index < -0.39 is 11.7 Å². The van der Waals surface area contributed by atoms with Crippen molar-refractivity contribution in [2.24, 2.45) is 0 Å². The molecule has 1 aliphatic carbocycles. The SMILES string of the molecule is CC(C)(C)NC(=O)OC1(c2ccc(-c3nc4c(cc3-c3ccccc3)N(Cc3cccnc3)C(=O)CO4)cc2)CCC1. The predicted molar refractivity (Wildman–Crippen MR) is 161 cm³/mol. The smallest absolute Gasteiger partial charge is 0.408 e. The van der Waals surface area contributed by atoms with Crippen LogP contribution >= 0.6 is 0 Å². The van der Waals surface area contributed by atoms with Crippen LogP contribution in [-0.2, 0) is 21.7 Å². The summed E-state index contributed by atoms with van der Waals surface area (Å²) in [5.74, 6) is 0.278. The van der Waals surface area contributed by atoms with Crippen molar-refractivity contribution in [2.75, 3.05) is 11.5 Å². The number of ether oxygens (including phenoxy) is 2. The molecule has 0 radical (unpaired) electrons. The predicted octanol–water partition coefficient (Wildman–Crippen LogP) is 6.64. The van der Waals surface area contributed by atoms with Crippen molar-refractivity contribution >= 4 is 17.7 Å². The summed E-state index contributed by atoms with van der Waals surface area (Å²) in [6.07, 6.45) is 5.63. The van der Waals surface area contributed by atoms with E-state index in [-0.39, 0.29) is 18.1 Å². The van der Waals surface area contributed by atoms with Gasteiger partial charge in [-0.25, -0.2) is 9.78 Å². The van der Waals surface area contributed by atoms with Gasteiger partial charge in [-0.1, -0.05) is 60.7 Å². The number of hydrogen-bond acceptors (Lipinski definition) is 6. The van der Waals surface area contributed by atoms with Gasteiger partial charge in [-0.15, -0.1) is 0 Å². The number of aromatic nitrogens is 2. The molecular formula is C34H34N4O4. The zero-order chi connectivity index (χ0) is 29.3. The van der Waals surface area contributed by atoms with E-state index in [1.54, 1.807) is 17.3 Å². The fraction of sp³-hybridized carbons (Fsp3) is 0.294. The molecule has 1 fully saturated rings. The van der Waals surface area contributed by atoms with Gasteiger partial charge in [0, 0.05) is 29.1 Å². The maximum atomic E-state index is 13.0. The molecule has 3 heterocycles. The first-order chi connectivity index (χ1) is 20.2. The van der Waals surface area contributed by atoms with Gasteiger partial charge < -0.3 is 19.7 Å². The molecule has 6 rings (SSSR count). The van der Waals surface area contributed by atoms with Crippen molar-refractivity contribution in [1.29, 1.82) is 0 Å². The minimum absolute atomic E-state index is 0.0835. The summed E-state index contributed by atoms with van der Waals surface area (Å²) in [4.78, 5) is 36.5. The topological polar surface area (TPSA) is 93.6 Å². The molecule has 2 aromatic heterocycles. The van der Waals surface area contributed by atoms with Gasteiger partial charge in [0.1, 0.15) is 11.3 Å². The summed E-state index contributed by atoms with van der Waals surface area (Å²) in [6.45, 7) is 6.09. The van der Waals surface area contributed by atoms with E-state index in [1.807, 2.05) is 93.6 Å². The normalized spacial score (nSPS) is 15.7. The van der Waals surface area contributed by atoms with Gasteiger partial charge in [-0.3, -0.25) is 9.78 Å². The second-order valence-electron chi connectivity index (χ2n) is 11.9. The van der Waals surface area contributed by atoms with E-state index in [4.69, 9.17) is 14.5 Å². The number of carbonyl (C=O) groups is 2. The van der Waals surface area contributed by atoms with Crippen LogP contribution in [0, 0.1) is 0 Å². The van der Waals surface area contributed by atoms with Gasteiger partial charge in [-0.05, 0) is 68.9 Å². The molecule has 0 unspecified atom stereocenters. The standard InChI is InChI=1S/C34H34N4O4/c1-33(2,3)37-32(40)42-34(16-8-17-34)26-14-12-25(13-15-26)30-27(24-10-5-4-6-11-24)19-28-31(36-30)41-22-29(39)38(28)21-23-9-7-18-35-20-23/h4-7,9-15,18-20H,8,16-17,21-22H2,1-3H3,(H,37,40). The van der Waals surface area contributed by atoms with Gasteiger partial charge >= 0.3 is 6.09 Å². The molecule has 8 heteroatoms. The maximum absolute atomic E-state index is 13.0. The molecule has 0 bridgehead atoms. The molecule has 4 aromatic rings. The third-order valence-electron chi connectivity index (χ3n) is 7.65. The van der Waals surface area contributed by atoms with Crippen molar-refractivity contribution in [3.05, 3.63) is 96.3 Å². The fourth-order valence-corrected chi connectivity index (χ4v) is 5.42. The van der Waals surface area contributed by atoms with Crippen molar-refractivity contribution in [3.8, 4) is 28.3 Å². The highest BCUT2D eigenvalue weighted by atomic mass is 16.6. The summed E-state index contributed by atoms with van der Waals surface area (Å²) in [5, 5.41) is 2.91. The number of pyridine rings is 2. The molecule has 214 valence electrons. The number of carbonyl (C=O) groups excluding carboxylic acids is 2. The van der Waals surface area contributed by atoms with Crippen LogP contribution in [0.4, 0.5) is 10.5 Å². The van der Waals surface area contributed by atoms with Crippen LogP contribution in [-0.4, -0.2) is 34.1 Å². The molecule has 8 nitrogen and oxygen atoms in total. The zero-order valence-corrected chi connectivity index (χ0v) is 24.1. The molecule has 2 aromatic carbocycles. The van der Waals surface area contributed by atoms with E-state index in [1.165, 1.54) is 0 Å². The van der Waals surface area contributed by atoms with Crippen molar-refractivity contribution < 1.29 is 19.1 Å². The van der Waals surface area contributed by atoms with Crippen molar-refractivity contribution in [1.82, 2.24) is 15.3 Å². The highest BCUT2D eigenvalue weighted by Gasteiger charge is 2.43. The molecule has 0 saturated heterocycles. The molecule has 1 saturated carbocycles. The lowest BCUT2D eigenvalue weighted by atomic mass is 9.74. The summed E-state index contributed by atoms with van der Waals surface area (Å²) in [6, 6.07) is 23.9. The molecular weight excluding hydrogens is 528 g/mol. The Morgan fingerprint density at radius 1 is 1.02 bits per heavy atom. The van der Waals surface area contributed by atoms with Gasteiger partial charge in [0.05, 0.1) is 12.2 Å². The lowest BCUT2D eigenvalue weighted by Gasteiger charge is -2.42. The number of anilines is 1. The Morgan fingerprint density at radius 2 is 1.79 bits per heavy atom.